The summed E-state index contributed by atoms with van der Waals surface area (Å²) in [5, 5.41) is 21.2. The van der Waals surface area contributed by atoms with Gasteiger partial charge in [-0.05, 0) is 61.7 Å². The van der Waals surface area contributed by atoms with Gasteiger partial charge in [-0.1, -0.05) is 6.92 Å². The molecular formula is C17H31IN4OS. The van der Waals surface area contributed by atoms with E-state index >= 15 is 0 Å². The zero-order valence-corrected chi connectivity index (χ0v) is 18.1. The molecule has 0 spiro atoms. The molecule has 0 aliphatic carbocycles. The average molecular weight is 466 g/mol. The van der Waals surface area contributed by atoms with E-state index in [0.717, 1.165) is 37.7 Å². The predicted octanol–water partition coefficient (Wildman–Crippen LogP) is 2.47. The Kier molecular flexibility index (Phi) is 9.54. The highest BCUT2D eigenvalue weighted by Crippen LogP contribution is 2.23. The van der Waals surface area contributed by atoms with Crippen LogP contribution in [0.4, 0.5) is 0 Å². The van der Waals surface area contributed by atoms with Crippen molar-refractivity contribution in [2.24, 2.45) is 10.9 Å². The fourth-order valence-electron chi connectivity index (χ4n) is 2.84. The van der Waals surface area contributed by atoms with Gasteiger partial charge in [0.15, 0.2) is 5.96 Å². The topological polar surface area (TPSA) is 59.9 Å². The van der Waals surface area contributed by atoms with Crippen molar-refractivity contribution < 1.29 is 5.11 Å². The first-order chi connectivity index (χ1) is 11.0. The molecule has 0 amide bonds. The molecule has 2 heterocycles. The molecule has 1 aromatic heterocycles. The molecule has 7 heteroatoms. The quantitative estimate of drug-likeness (QED) is 0.328. The first-order valence-electron chi connectivity index (χ1n) is 8.54. The third-order valence-electron chi connectivity index (χ3n) is 4.41. The molecule has 0 aromatic carbocycles. The van der Waals surface area contributed by atoms with Gasteiger partial charge in [0.1, 0.15) is 5.60 Å². The van der Waals surface area contributed by atoms with Gasteiger partial charge in [0.05, 0.1) is 6.54 Å². The van der Waals surface area contributed by atoms with Crippen LogP contribution < -0.4 is 10.6 Å². The van der Waals surface area contributed by atoms with E-state index in [2.05, 4.69) is 34.4 Å². The van der Waals surface area contributed by atoms with Gasteiger partial charge in [-0.2, -0.15) is 11.3 Å². The standard InChI is InChI=1S/C17H30N4OS.HI/c1-4-18-16(19-10-14-6-8-21(5-2)11-14)20-13-17(3,22)15-7-9-23-12-15;/h7,9,12,14,22H,4-6,8,10-11,13H2,1-3H3,(H2,18,19,20);1H. The summed E-state index contributed by atoms with van der Waals surface area (Å²) in [4.78, 5) is 7.06. The minimum atomic E-state index is -0.922. The molecule has 3 N–H and O–H groups in total. The maximum Gasteiger partial charge on any atom is 0.191 e. The highest BCUT2D eigenvalue weighted by Gasteiger charge is 2.24. The number of nitrogens with zero attached hydrogens (tertiary/aromatic N) is 2. The number of guanidine groups is 1. The van der Waals surface area contributed by atoms with Crippen molar-refractivity contribution in [3.05, 3.63) is 22.4 Å². The van der Waals surface area contributed by atoms with Crippen molar-refractivity contribution in [3.63, 3.8) is 0 Å². The fraction of sp³-hybridized carbons (Fsp3) is 0.706. The zero-order valence-electron chi connectivity index (χ0n) is 14.9. The summed E-state index contributed by atoms with van der Waals surface area (Å²) in [5.74, 6) is 1.47. The third kappa shape index (κ3) is 6.50. The van der Waals surface area contributed by atoms with Crippen molar-refractivity contribution in [3.8, 4) is 0 Å². The van der Waals surface area contributed by atoms with Crippen LogP contribution >= 0.6 is 35.3 Å². The van der Waals surface area contributed by atoms with Gasteiger partial charge < -0.3 is 20.6 Å². The predicted molar refractivity (Wildman–Crippen MR) is 114 cm³/mol. The first-order valence-corrected chi connectivity index (χ1v) is 9.49. The van der Waals surface area contributed by atoms with Gasteiger partial charge in [-0.3, -0.25) is 0 Å². The van der Waals surface area contributed by atoms with E-state index in [4.69, 9.17) is 0 Å². The van der Waals surface area contributed by atoms with E-state index in [1.165, 1.54) is 13.0 Å². The Morgan fingerprint density at radius 3 is 2.83 bits per heavy atom. The maximum atomic E-state index is 10.6. The van der Waals surface area contributed by atoms with Crippen molar-refractivity contribution in [2.75, 3.05) is 39.3 Å². The Hall–Kier alpha value is -0.380. The number of hydrogen-bond acceptors (Lipinski definition) is 4. The minimum Gasteiger partial charge on any atom is -0.383 e. The van der Waals surface area contributed by atoms with Crippen molar-refractivity contribution >= 4 is 41.3 Å². The average Bonchev–Trinajstić information content (AvgIpc) is 3.21. The second-order valence-electron chi connectivity index (χ2n) is 6.41. The van der Waals surface area contributed by atoms with Crippen LogP contribution in [0.3, 0.4) is 0 Å². The molecule has 0 saturated carbocycles. The summed E-state index contributed by atoms with van der Waals surface area (Å²) in [5.41, 5.74) is 0.00539. The lowest BCUT2D eigenvalue weighted by Crippen LogP contribution is -2.41. The minimum absolute atomic E-state index is 0. The summed E-state index contributed by atoms with van der Waals surface area (Å²) < 4.78 is 0. The normalized spacial score (nSPS) is 21.2. The van der Waals surface area contributed by atoms with Crippen molar-refractivity contribution in [1.29, 1.82) is 0 Å². The van der Waals surface area contributed by atoms with Gasteiger partial charge in [-0.25, -0.2) is 4.99 Å². The number of aliphatic hydroxyl groups is 1. The lowest BCUT2D eigenvalue weighted by atomic mass is 10.00. The Bertz CT molecular complexity index is 493. The molecular weight excluding hydrogens is 435 g/mol. The fourth-order valence-corrected chi connectivity index (χ4v) is 3.63. The summed E-state index contributed by atoms with van der Waals surface area (Å²) in [6, 6.07) is 1.96. The molecule has 2 rings (SSSR count). The summed E-state index contributed by atoms with van der Waals surface area (Å²) >= 11 is 1.60. The first kappa shape index (κ1) is 21.7. The van der Waals surface area contributed by atoms with E-state index in [0.29, 0.717) is 12.5 Å². The number of rotatable bonds is 7. The lowest BCUT2D eigenvalue weighted by Gasteiger charge is -2.21. The number of thiophene rings is 1. The molecule has 2 unspecified atom stereocenters. The van der Waals surface area contributed by atoms with Crippen molar-refractivity contribution in [1.82, 2.24) is 15.5 Å². The number of halogens is 1. The molecule has 1 aliphatic heterocycles. The highest BCUT2D eigenvalue weighted by atomic mass is 127. The van der Waals surface area contributed by atoms with Crippen LogP contribution in [0.15, 0.2) is 21.8 Å². The molecule has 24 heavy (non-hydrogen) atoms. The monoisotopic (exact) mass is 466 g/mol. The molecule has 1 aromatic rings. The molecule has 5 nitrogen and oxygen atoms in total. The van der Waals surface area contributed by atoms with E-state index < -0.39 is 5.60 Å². The summed E-state index contributed by atoms with van der Waals surface area (Å²) in [7, 11) is 0. The van der Waals surface area contributed by atoms with Crippen LogP contribution in [0.2, 0.25) is 0 Å². The molecule has 1 aliphatic rings. The van der Waals surface area contributed by atoms with Gasteiger partial charge in [-0.15, -0.1) is 24.0 Å². The van der Waals surface area contributed by atoms with Gasteiger partial charge in [0.25, 0.3) is 0 Å². The number of likely N-dealkylation sites (tertiary alicyclic amines) is 1. The second kappa shape index (κ2) is 10.6. The molecule has 0 radical (unpaired) electrons. The number of hydrogen-bond donors (Lipinski definition) is 3. The Balaban J connectivity index is 0.00000288. The highest BCUT2D eigenvalue weighted by molar-refractivity contribution is 14.0. The van der Waals surface area contributed by atoms with Crippen LogP contribution in [0.5, 0.6) is 0 Å². The molecule has 2 atom stereocenters. The van der Waals surface area contributed by atoms with Crippen molar-refractivity contribution in [2.45, 2.75) is 32.8 Å². The maximum absolute atomic E-state index is 10.6. The molecule has 1 fully saturated rings. The van der Waals surface area contributed by atoms with Crippen LogP contribution in [-0.4, -0.2) is 55.2 Å². The second-order valence-corrected chi connectivity index (χ2v) is 7.19. The van der Waals surface area contributed by atoms with Gasteiger partial charge >= 0.3 is 0 Å². The Morgan fingerprint density at radius 2 is 2.25 bits per heavy atom. The number of aliphatic imine (C=N–C) groups is 1. The summed E-state index contributed by atoms with van der Waals surface area (Å²) in [6.45, 7) is 11.7. The van der Waals surface area contributed by atoms with E-state index in [1.807, 2.05) is 23.8 Å². The summed E-state index contributed by atoms with van der Waals surface area (Å²) in [6.07, 6.45) is 1.24. The number of nitrogens with one attached hydrogen (secondary N) is 2. The largest absolute Gasteiger partial charge is 0.383 e. The van der Waals surface area contributed by atoms with Gasteiger partial charge in [0.2, 0.25) is 0 Å². The third-order valence-corrected chi connectivity index (χ3v) is 5.09. The SMILES string of the molecule is CCNC(=NCC(C)(O)c1ccsc1)NCC1CCN(CC)C1.I. The molecule has 138 valence electrons. The lowest BCUT2D eigenvalue weighted by molar-refractivity contribution is 0.0677. The Morgan fingerprint density at radius 1 is 1.46 bits per heavy atom. The smallest absolute Gasteiger partial charge is 0.191 e. The van der Waals surface area contributed by atoms with Crippen LogP contribution in [0.25, 0.3) is 0 Å². The zero-order chi connectivity index (χ0) is 16.7. The molecule has 0 bridgehead atoms. The Labute approximate surface area is 167 Å². The van der Waals surface area contributed by atoms with E-state index in [1.54, 1.807) is 11.3 Å². The molecule has 1 saturated heterocycles. The van der Waals surface area contributed by atoms with Crippen LogP contribution in [0, 0.1) is 5.92 Å². The van der Waals surface area contributed by atoms with E-state index in [9.17, 15) is 5.11 Å². The van der Waals surface area contributed by atoms with Crippen LogP contribution in [-0.2, 0) is 5.60 Å². The van der Waals surface area contributed by atoms with E-state index in [-0.39, 0.29) is 24.0 Å². The van der Waals surface area contributed by atoms with Gasteiger partial charge in [0, 0.05) is 19.6 Å². The van der Waals surface area contributed by atoms with Crippen LogP contribution in [0.1, 0.15) is 32.8 Å².